The van der Waals surface area contributed by atoms with Gasteiger partial charge in [0.25, 0.3) is 0 Å². The van der Waals surface area contributed by atoms with Crippen LogP contribution in [-0.2, 0) is 11.3 Å². The van der Waals surface area contributed by atoms with Gasteiger partial charge in [0.05, 0.1) is 6.10 Å². The smallest absolute Gasteiger partial charge is 0.0587 e. The van der Waals surface area contributed by atoms with E-state index >= 15 is 0 Å². The highest BCUT2D eigenvalue weighted by Gasteiger charge is 2.12. The van der Waals surface area contributed by atoms with Crippen molar-refractivity contribution in [3.8, 4) is 0 Å². The molecule has 1 aliphatic heterocycles. The summed E-state index contributed by atoms with van der Waals surface area (Å²) in [5.74, 6) is 0. The Hall–Kier alpha value is -0.130. The van der Waals surface area contributed by atoms with Crippen molar-refractivity contribution in [3.05, 3.63) is 33.4 Å². The minimum atomic E-state index is 0.493. The van der Waals surface area contributed by atoms with E-state index in [2.05, 4.69) is 52.2 Å². The van der Waals surface area contributed by atoms with Crippen molar-refractivity contribution in [1.82, 2.24) is 5.32 Å². The minimum absolute atomic E-state index is 0.493. The maximum absolute atomic E-state index is 5.70. The Labute approximate surface area is 117 Å². The van der Waals surface area contributed by atoms with Crippen molar-refractivity contribution in [2.45, 2.75) is 38.3 Å². The van der Waals surface area contributed by atoms with E-state index in [9.17, 15) is 0 Å². The molecule has 1 atom stereocenters. The Bertz CT molecular complexity index is 319. The first kappa shape index (κ1) is 13.3. The second-order valence-electron chi connectivity index (χ2n) is 4.58. The Morgan fingerprint density at radius 2 is 2.06 bits per heavy atom. The monoisotopic (exact) mass is 345 g/mol. The molecule has 1 aromatic carbocycles. The largest absolute Gasteiger partial charge is 0.378 e. The molecule has 1 aliphatic rings. The van der Waals surface area contributed by atoms with Crippen LogP contribution in [-0.4, -0.2) is 19.3 Å². The summed E-state index contributed by atoms with van der Waals surface area (Å²) in [7, 11) is 0. The second kappa shape index (κ2) is 7.34. The number of ether oxygens (including phenoxy) is 1. The SMILES string of the molecule is Ic1ccc(CNCCC2CCCCO2)cc1. The normalized spacial score (nSPS) is 20.4. The molecule has 17 heavy (non-hydrogen) atoms. The predicted molar refractivity (Wildman–Crippen MR) is 79.1 cm³/mol. The maximum atomic E-state index is 5.70. The van der Waals surface area contributed by atoms with Crippen LogP contribution in [0.1, 0.15) is 31.2 Å². The van der Waals surface area contributed by atoms with Crippen LogP contribution in [0.3, 0.4) is 0 Å². The van der Waals surface area contributed by atoms with Gasteiger partial charge in [-0.3, -0.25) is 0 Å². The predicted octanol–water partition coefficient (Wildman–Crippen LogP) is 3.34. The number of rotatable bonds is 5. The van der Waals surface area contributed by atoms with E-state index in [0.717, 1.165) is 26.1 Å². The zero-order valence-corrected chi connectivity index (χ0v) is 12.3. The van der Waals surface area contributed by atoms with Gasteiger partial charge in [-0.05, 0) is 72.5 Å². The average molecular weight is 345 g/mol. The summed E-state index contributed by atoms with van der Waals surface area (Å²) in [6.45, 7) is 2.97. The summed E-state index contributed by atoms with van der Waals surface area (Å²) in [4.78, 5) is 0. The second-order valence-corrected chi connectivity index (χ2v) is 5.83. The average Bonchev–Trinajstić information content (AvgIpc) is 2.38. The molecule has 2 rings (SSSR count). The van der Waals surface area contributed by atoms with E-state index in [0.29, 0.717) is 6.10 Å². The van der Waals surface area contributed by atoms with Crippen LogP contribution >= 0.6 is 22.6 Å². The van der Waals surface area contributed by atoms with Crippen molar-refractivity contribution >= 4 is 22.6 Å². The number of benzene rings is 1. The van der Waals surface area contributed by atoms with Crippen molar-refractivity contribution in [2.24, 2.45) is 0 Å². The minimum Gasteiger partial charge on any atom is -0.378 e. The molecule has 1 saturated heterocycles. The molecule has 2 nitrogen and oxygen atoms in total. The van der Waals surface area contributed by atoms with Gasteiger partial charge in [-0.15, -0.1) is 0 Å². The lowest BCUT2D eigenvalue weighted by Crippen LogP contribution is -2.25. The molecule has 1 aromatic rings. The van der Waals surface area contributed by atoms with Gasteiger partial charge >= 0.3 is 0 Å². The van der Waals surface area contributed by atoms with Crippen molar-refractivity contribution in [3.63, 3.8) is 0 Å². The summed E-state index contributed by atoms with van der Waals surface area (Å²) in [5, 5.41) is 3.49. The van der Waals surface area contributed by atoms with Crippen LogP contribution in [0, 0.1) is 3.57 Å². The van der Waals surface area contributed by atoms with Gasteiger partial charge in [0.15, 0.2) is 0 Å². The zero-order chi connectivity index (χ0) is 11.9. The van der Waals surface area contributed by atoms with Crippen molar-refractivity contribution < 1.29 is 4.74 Å². The Balaban J connectivity index is 1.60. The van der Waals surface area contributed by atoms with Crippen molar-refractivity contribution in [2.75, 3.05) is 13.2 Å². The van der Waals surface area contributed by atoms with Gasteiger partial charge in [0.2, 0.25) is 0 Å². The third-order valence-corrected chi connectivity index (χ3v) is 3.88. The quantitative estimate of drug-likeness (QED) is 0.653. The summed E-state index contributed by atoms with van der Waals surface area (Å²) in [5.41, 5.74) is 1.36. The van der Waals surface area contributed by atoms with Gasteiger partial charge < -0.3 is 10.1 Å². The molecule has 0 aromatic heterocycles. The molecular formula is C14H20INO. The van der Waals surface area contributed by atoms with Crippen LogP contribution in [0.5, 0.6) is 0 Å². The van der Waals surface area contributed by atoms with Gasteiger partial charge in [0, 0.05) is 16.7 Å². The zero-order valence-electron chi connectivity index (χ0n) is 10.1. The first-order valence-electron chi connectivity index (χ1n) is 6.41. The summed E-state index contributed by atoms with van der Waals surface area (Å²) >= 11 is 2.33. The Kier molecular flexibility index (Phi) is 5.74. The molecule has 0 aliphatic carbocycles. The first-order chi connectivity index (χ1) is 8.34. The number of hydrogen-bond acceptors (Lipinski definition) is 2. The fraction of sp³-hybridized carbons (Fsp3) is 0.571. The molecule has 94 valence electrons. The fourth-order valence-electron chi connectivity index (χ4n) is 2.13. The molecule has 1 unspecified atom stereocenters. The standard InChI is InChI=1S/C14H20INO/c15-13-6-4-12(5-7-13)11-16-9-8-14-3-1-2-10-17-14/h4-7,14,16H,1-3,8-11H2. The van der Waals surface area contributed by atoms with Gasteiger partial charge in [-0.2, -0.15) is 0 Å². The highest BCUT2D eigenvalue weighted by Crippen LogP contribution is 2.15. The molecule has 0 spiro atoms. The first-order valence-corrected chi connectivity index (χ1v) is 7.49. The lowest BCUT2D eigenvalue weighted by Gasteiger charge is -2.22. The molecule has 1 heterocycles. The van der Waals surface area contributed by atoms with Crippen LogP contribution in [0.4, 0.5) is 0 Å². The van der Waals surface area contributed by atoms with Gasteiger partial charge in [-0.25, -0.2) is 0 Å². The van der Waals surface area contributed by atoms with E-state index in [1.54, 1.807) is 0 Å². The van der Waals surface area contributed by atoms with E-state index in [4.69, 9.17) is 4.74 Å². The molecule has 1 N–H and O–H groups in total. The van der Waals surface area contributed by atoms with E-state index < -0.39 is 0 Å². The molecule has 0 bridgehead atoms. The number of hydrogen-bond donors (Lipinski definition) is 1. The van der Waals surface area contributed by atoms with E-state index in [1.165, 1.54) is 28.4 Å². The van der Waals surface area contributed by atoms with Crippen LogP contribution < -0.4 is 5.32 Å². The molecule has 0 amide bonds. The molecule has 0 radical (unpaired) electrons. The fourth-order valence-corrected chi connectivity index (χ4v) is 2.49. The summed E-state index contributed by atoms with van der Waals surface area (Å²) in [6, 6.07) is 8.68. The Morgan fingerprint density at radius 3 is 2.76 bits per heavy atom. The third-order valence-electron chi connectivity index (χ3n) is 3.16. The van der Waals surface area contributed by atoms with Crippen LogP contribution in [0.15, 0.2) is 24.3 Å². The van der Waals surface area contributed by atoms with Crippen molar-refractivity contribution in [1.29, 1.82) is 0 Å². The Morgan fingerprint density at radius 1 is 1.24 bits per heavy atom. The van der Waals surface area contributed by atoms with E-state index in [-0.39, 0.29) is 0 Å². The molecular weight excluding hydrogens is 325 g/mol. The lowest BCUT2D eigenvalue weighted by molar-refractivity contribution is 0.0115. The highest BCUT2D eigenvalue weighted by molar-refractivity contribution is 14.1. The van der Waals surface area contributed by atoms with Gasteiger partial charge in [-0.1, -0.05) is 12.1 Å². The van der Waals surface area contributed by atoms with Gasteiger partial charge in [0.1, 0.15) is 0 Å². The molecule has 3 heteroatoms. The van der Waals surface area contributed by atoms with E-state index in [1.807, 2.05) is 0 Å². The van der Waals surface area contributed by atoms with Crippen LogP contribution in [0.25, 0.3) is 0 Å². The maximum Gasteiger partial charge on any atom is 0.0587 e. The lowest BCUT2D eigenvalue weighted by atomic mass is 10.1. The number of halogens is 1. The summed E-state index contributed by atoms with van der Waals surface area (Å²) in [6.07, 6.45) is 5.46. The van der Waals surface area contributed by atoms with Crippen LogP contribution in [0.2, 0.25) is 0 Å². The highest BCUT2D eigenvalue weighted by atomic mass is 127. The third kappa shape index (κ3) is 4.94. The number of nitrogens with one attached hydrogen (secondary N) is 1. The molecule has 1 fully saturated rings. The summed E-state index contributed by atoms with van der Waals surface area (Å²) < 4.78 is 7.00. The molecule has 0 saturated carbocycles. The topological polar surface area (TPSA) is 21.3 Å².